The molecule has 0 aliphatic carbocycles. The van der Waals surface area contributed by atoms with Crippen LogP contribution in [0.1, 0.15) is 13.3 Å². The van der Waals surface area contributed by atoms with Crippen LogP contribution in [0.3, 0.4) is 0 Å². The van der Waals surface area contributed by atoms with E-state index in [0.717, 1.165) is 0 Å². The Labute approximate surface area is 69.1 Å². The van der Waals surface area contributed by atoms with Gasteiger partial charge in [0.05, 0.1) is 18.6 Å². The first kappa shape index (κ1) is 9.80. The lowest BCUT2D eigenvalue weighted by Gasteiger charge is -2.29. The average molecular weight is 183 g/mol. The van der Waals surface area contributed by atoms with Crippen LogP contribution in [0.5, 0.6) is 0 Å². The largest absolute Gasteiger partial charge is 0.391 e. The monoisotopic (exact) mass is 183 g/mol. The first-order chi connectivity index (χ1) is 5.47. The number of rotatable bonds is 1. The van der Waals surface area contributed by atoms with E-state index in [2.05, 4.69) is 5.32 Å². The molecule has 1 fully saturated rings. The Balaban J connectivity index is 2.32. The SMILES string of the molecule is C[C@@H]1CNC[C@H](CC(F)(F)F)O1. The molecule has 2 atom stereocenters. The number of ether oxygens (including phenoxy) is 1. The minimum atomic E-state index is -4.12. The van der Waals surface area contributed by atoms with Crippen LogP contribution < -0.4 is 5.32 Å². The summed E-state index contributed by atoms with van der Waals surface area (Å²) in [5, 5.41) is 2.88. The van der Waals surface area contributed by atoms with Gasteiger partial charge in [-0.25, -0.2) is 0 Å². The molecule has 0 amide bonds. The van der Waals surface area contributed by atoms with E-state index in [9.17, 15) is 13.2 Å². The molecule has 1 saturated heterocycles. The lowest BCUT2D eigenvalue weighted by molar-refractivity contribution is -0.170. The van der Waals surface area contributed by atoms with Gasteiger partial charge >= 0.3 is 6.18 Å². The average Bonchev–Trinajstić information content (AvgIpc) is 1.82. The van der Waals surface area contributed by atoms with Gasteiger partial charge in [0.2, 0.25) is 0 Å². The number of hydrogen-bond donors (Lipinski definition) is 1. The van der Waals surface area contributed by atoms with Gasteiger partial charge in [0.1, 0.15) is 0 Å². The molecule has 0 spiro atoms. The molecule has 2 nitrogen and oxygen atoms in total. The van der Waals surface area contributed by atoms with Crippen molar-refractivity contribution in [3.05, 3.63) is 0 Å². The Morgan fingerprint density at radius 1 is 1.42 bits per heavy atom. The second-order valence-electron chi connectivity index (χ2n) is 3.05. The van der Waals surface area contributed by atoms with Gasteiger partial charge in [-0.15, -0.1) is 0 Å². The Morgan fingerprint density at radius 3 is 2.58 bits per heavy atom. The number of halogens is 3. The molecular weight excluding hydrogens is 171 g/mol. The van der Waals surface area contributed by atoms with Crippen molar-refractivity contribution in [1.29, 1.82) is 0 Å². The Bertz CT molecular complexity index is 148. The summed E-state index contributed by atoms with van der Waals surface area (Å²) in [5.41, 5.74) is 0. The number of nitrogens with one attached hydrogen (secondary N) is 1. The van der Waals surface area contributed by atoms with Gasteiger partial charge in [-0.1, -0.05) is 0 Å². The third kappa shape index (κ3) is 3.40. The first-order valence-corrected chi connectivity index (χ1v) is 3.90. The molecule has 0 unspecified atom stereocenters. The van der Waals surface area contributed by atoms with Crippen molar-refractivity contribution in [2.24, 2.45) is 0 Å². The van der Waals surface area contributed by atoms with Gasteiger partial charge < -0.3 is 10.1 Å². The molecule has 12 heavy (non-hydrogen) atoms. The Morgan fingerprint density at radius 2 is 2.08 bits per heavy atom. The van der Waals surface area contributed by atoms with Crippen LogP contribution in [-0.4, -0.2) is 31.5 Å². The van der Waals surface area contributed by atoms with Crippen molar-refractivity contribution in [3.63, 3.8) is 0 Å². The summed E-state index contributed by atoms with van der Waals surface area (Å²) < 4.78 is 40.7. The predicted octanol–water partition coefficient (Wildman–Crippen LogP) is 1.32. The van der Waals surface area contributed by atoms with E-state index in [1.165, 1.54) is 0 Å². The van der Waals surface area contributed by atoms with Gasteiger partial charge in [0.15, 0.2) is 0 Å². The first-order valence-electron chi connectivity index (χ1n) is 3.90. The molecule has 5 heteroatoms. The van der Waals surface area contributed by atoms with Crippen molar-refractivity contribution in [1.82, 2.24) is 5.32 Å². The van der Waals surface area contributed by atoms with Gasteiger partial charge in [-0.05, 0) is 6.92 Å². The molecule has 0 radical (unpaired) electrons. The van der Waals surface area contributed by atoms with Crippen molar-refractivity contribution in [2.75, 3.05) is 13.1 Å². The molecule has 0 aromatic carbocycles. The van der Waals surface area contributed by atoms with Gasteiger partial charge in [0, 0.05) is 13.1 Å². The van der Waals surface area contributed by atoms with E-state index in [1.807, 2.05) is 0 Å². The molecule has 0 aromatic rings. The Kier molecular flexibility index (Phi) is 2.95. The fraction of sp³-hybridized carbons (Fsp3) is 1.00. The van der Waals surface area contributed by atoms with Gasteiger partial charge in [-0.3, -0.25) is 0 Å². The molecule has 1 heterocycles. The van der Waals surface area contributed by atoms with Crippen LogP contribution in [0.25, 0.3) is 0 Å². The quantitative estimate of drug-likeness (QED) is 0.661. The third-order valence-electron chi connectivity index (χ3n) is 1.69. The topological polar surface area (TPSA) is 21.3 Å². The van der Waals surface area contributed by atoms with Crippen LogP contribution in [0, 0.1) is 0 Å². The minimum Gasteiger partial charge on any atom is -0.372 e. The lowest BCUT2D eigenvalue weighted by Crippen LogP contribution is -2.45. The molecule has 0 saturated carbocycles. The van der Waals surface area contributed by atoms with Gasteiger partial charge in [-0.2, -0.15) is 13.2 Å². The van der Waals surface area contributed by atoms with Crippen LogP contribution in [0.2, 0.25) is 0 Å². The van der Waals surface area contributed by atoms with E-state index in [0.29, 0.717) is 13.1 Å². The van der Waals surface area contributed by atoms with Gasteiger partial charge in [0.25, 0.3) is 0 Å². The molecular formula is C7H12F3NO. The maximum absolute atomic E-state index is 11.9. The second kappa shape index (κ2) is 3.62. The molecule has 0 aromatic heterocycles. The number of morpholine rings is 1. The summed E-state index contributed by atoms with van der Waals surface area (Å²) in [6.07, 6.45) is -5.81. The maximum atomic E-state index is 11.9. The predicted molar refractivity (Wildman–Crippen MR) is 37.9 cm³/mol. The van der Waals surface area contributed by atoms with Crippen LogP contribution in [-0.2, 0) is 4.74 Å². The zero-order valence-corrected chi connectivity index (χ0v) is 6.82. The summed E-state index contributed by atoms with van der Waals surface area (Å²) in [5.74, 6) is 0. The third-order valence-corrected chi connectivity index (χ3v) is 1.69. The van der Waals surface area contributed by atoms with E-state index in [-0.39, 0.29) is 6.10 Å². The summed E-state index contributed by atoms with van der Waals surface area (Å²) in [6.45, 7) is 2.69. The van der Waals surface area contributed by atoms with Crippen molar-refractivity contribution in [2.45, 2.75) is 31.7 Å². The van der Waals surface area contributed by atoms with E-state index in [4.69, 9.17) is 4.74 Å². The highest BCUT2D eigenvalue weighted by Gasteiger charge is 2.34. The fourth-order valence-electron chi connectivity index (χ4n) is 1.25. The van der Waals surface area contributed by atoms with E-state index in [1.54, 1.807) is 6.92 Å². The van der Waals surface area contributed by atoms with E-state index < -0.39 is 18.7 Å². The molecule has 1 aliphatic heterocycles. The molecule has 1 aliphatic rings. The standard InChI is InChI=1S/C7H12F3NO/c1-5-3-11-4-6(12-5)2-7(8,9)10/h5-6,11H,2-4H2,1H3/t5-,6+/m1/s1. The highest BCUT2D eigenvalue weighted by atomic mass is 19.4. The summed E-state index contributed by atoms with van der Waals surface area (Å²) in [7, 11) is 0. The van der Waals surface area contributed by atoms with Crippen LogP contribution in [0.15, 0.2) is 0 Å². The summed E-state index contributed by atoms with van der Waals surface area (Å²) in [4.78, 5) is 0. The smallest absolute Gasteiger partial charge is 0.372 e. The Hall–Kier alpha value is -0.290. The number of hydrogen-bond acceptors (Lipinski definition) is 2. The highest BCUT2D eigenvalue weighted by Crippen LogP contribution is 2.24. The lowest BCUT2D eigenvalue weighted by atomic mass is 10.2. The molecule has 72 valence electrons. The minimum absolute atomic E-state index is 0.119. The summed E-state index contributed by atoms with van der Waals surface area (Å²) in [6, 6.07) is 0. The molecule has 1 N–H and O–H groups in total. The fourth-order valence-corrected chi connectivity index (χ4v) is 1.25. The molecule has 0 bridgehead atoms. The van der Waals surface area contributed by atoms with E-state index >= 15 is 0 Å². The number of alkyl halides is 3. The summed E-state index contributed by atoms with van der Waals surface area (Å²) >= 11 is 0. The van der Waals surface area contributed by atoms with Crippen molar-refractivity contribution < 1.29 is 17.9 Å². The normalized spacial score (nSPS) is 32.0. The zero-order valence-electron chi connectivity index (χ0n) is 6.82. The highest BCUT2D eigenvalue weighted by molar-refractivity contribution is 4.74. The second-order valence-corrected chi connectivity index (χ2v) is 3.05. The zero-order chi connectivity index (χ0) is 9.19. The van der Waals surface area contributed by atoms with Crippen LogP contribution >= 0.6 is 0 Å². The van der Waals surface area contributed by atoms with Crippen molar-refractivity contribution in [3.8, 4) is 0 Å². The van der Waals surface area contributed by atoms with Crippen molar-refractivity contribution >= 4 is 0 Å². The molecule has 1 rings (SSSR count). The maximum Gasteiger partial charge on any atom is 0.391 e. The van der Waals surface area contributed by atoms with Crippen LogP contribution in [0.4, 0.5) is 13.2 Å².